The van der Waals surface area contributed by atoms with Gasteiger partial charge >= 0.3 is 0 Å². The monoisotopic (exact) mass is 390 g/mol. The molecule has 144 valence electrons. The van der Waals surface area contributed by atoms with Gasteiger partial charge in [-0.05, 0) is 30.5 Å². The summed E-state index contributed by atoms with van der Waals surface area (Å²) in [6.45, 7) is 1.14. The summed E-state index contributed by atoms with van der Waals surface area (Å²) in [4.78, 5) is 40.8. The van der Waals surface area contributed by atoms with Crippen molar-refractivity contribution in [3.63, 3.8) is 0 Å². The number of rotatable bonds is 3. The molecule has 1 aliphatic carbocycles. The van der Waals surface area contributed by atoms with Gasteiger partial charge in [0, 0.05) is 11.6 Å². The fourth-order valence-electron chi connectivity index (χ4n) is 4.38. The Morgan fingerprint density at radius 2 is 1.70 bits per heavy atom. The number of likely N-dealkylation sites (tertiary alicyclic amines) is 1. The average molecular weight is 391 g/mol. The maximum Gasteiger partial charge on any atom is 0.242 e. The van der Waals surface area contributed by atoms with Crippen molar-refractivity contribution in [2.45, 2.75) is 31.8 Å². The summed E-state index contributed by atoms with van der Waals surface area (Å²) >= 11 is 5.93. The van der Waals surface area contributed by atoms with E-state index >= 15 is 0 Å². The van der Waals surface area contributed by atoms with Gasteiger partial charge in [-0.15, -0.1) is 0 Å². The number of fused-ring (bicyclic) bond motifs is 1. The van der Waals surface area contributed by atoms with Crippen molar-refractivity contribution in [1.82, 2.24) is 9.80 Å². The summed E-state index contributed by atoms with van der Waals surface area (Å²) in [6, 6.07) is 7.37. The lowest BCUT2D eigenvalue weighted by molar-refractivity contribution is -0.149. The first-order valence-electron chi connectivity index (χ1n) is 9.54. The summed E-state index contributed by atoms with van der Waals surface area (Å²) in [5.74, 6) is -0.963. The van der Waals surface area contributed by atoms with Crippen molar-refractivity contribution in [2.75, 3.05) is 26.2 Å². The molecule has 3 unspecified atom stereocenters. The van der Waals surface area contributed by atoms with E-state index in [1.165, 1.54) is 4.90 Å². The SMILES string of the molecule is O=C(CN1C(=O)C2CCCCC2C1=O)N1CCOC(c2ccc(Cl)cc2)C1. The van der Waals surface area contributed by atoms with Crippen molar-refractivity contribution in [3.05, 3.63) is 34.9 Å². The van der Waals surface area contributed by atoms with Crippen molar-refractivity contribution in [2.24, 2.45) is 11.8 Å². The first-order valence-corrected chi connectivity index (χ1v) is 9.92. The zero-order chi connectivity index (χ0) is 19.0. The van der Waals surface area contributed by atoms with Crippen LogP contribution in [0, 0.1) is 11.8 Å². The van der Waals surface area contributed by atoms with Gasteiger partial charge in [0.15, 0.2) is 0 Å². The minimum atomic E-state index is -0.229. The molecule has 2 heterocycles. The highest BCUT2D eigenvalue weighted by atomic mass is 35.5. The van der Waals surface area contributed by atoms with Gasteiger partial charge < -0.3 is 9.64 Å². The molecule has 2 saturated heterocycles. The van der Waals surface area contributed by atoms with E-state index in [1.807, 2.05) is 12.1 Å². The Bertz CT molecular complexity index is 727. The normalized spacial score (nSPS) is 28.4. The van der Waals surface area contributed by atoms with Crippen LogP contribution >= 0.6 is 11.6 Å². The lowest BCUT2D eigenvalue weighted by Gasteiger charge is -2.34. The van der Waals surface area contributed by atoms with E-state index in [-0.39, 0.29) is 42.2 Å². The molecule has 3 fully saturated rings. The Morgan fingerprint density at radius 1 is 1.07 bits per heavy atom. The molecule has 4 rings (SSSR count). The minimum Gasteiger partial charge on any atom is -0.370 e. The molecule has 1 saturated carbocycles. The Morgan fingerprint density at radius 3 is 2.33 bits per heavy atom. The van der Waals surface area contributed by atoms with Gasteiger partial charge in [-0.25, -0.2) is 0 Å². The number of hydrogen-bond donors (Lipinski definition) is 0. The van der Waals surface area contributed by atoms with Crippen molar-refractivity contribution < 1.29 is 19.1 Å². The highest BCUT2D eigenvalue weighted by Crippen LogP contribution is 2.38. The van der Waals surface area contributed by atoms with Crippen molar-refractivity contribution >= 4 is 29.3 Å². The third-order valence-electron chi connectivity index (χ3n) is 5.89. The molecule has 0 N–H and O–H groups in total. The number of ether oxygens (including phenoxy) is 1. The van der Waals surface area contributed by atoms with Crippen LogP contribution in [0.1, 0.15) is 37.4 Å². The third-order valence-corrected chi connectivity index (χ3v) is 6.14. The molecular formula is C20H23ClN2O4. The molecule has 0 spiro atoms. The summed E-state index contributed by atoms with van der Waals surface area (Å²) < 4.78 is 5.79. The second-order valence-electron chi connectivity index (χ2n) is 7.51. The molecule has 3 aliphatic rings. The lowest BCUT2D eigenvalue weighted by atomic mass is 9.81. The van der Waals surface area contributed by atoms with Crippen LogP contribution in [-0.4, -0.2) is 53.8 Å². The Labute approximate surface area is 163 Å². The van der Waals surface area contributed by atoms with E-state index in [9.17, 15) is 14.4 Å². The molecule has 27 heavy (non-hydrogen) atoms. The van der Waals surface area contributed by atoms with Crippen LogP contribution in [0.4, 0.5) is 0 Å². The molecular weight excluding hydrogens is 368 g/mol. The van der Waals surface area contributed by atoms with Gasteiger partial charge in [0.1, 0.15) is 12.6 Å². The molecule has 1 aromatic rings. The summed E-state index contributed by atoms with van der Waals surface area (Å²) in [6.07, 6.45) is 3.25. The number of amides is 3. The number of nitrogens with zero attached hydrogens (tertiary/aromatic N) is 2. The average Bonchev–Trinajstić information content (AvgIpc) is 2.94. The van der Waals surface area contributed by atoms with Gasteiger partial charge in [0.25, 0.3) is 0 Å². The first kappa shape index (κ1) is 18.4. The van der Waals surface area contributed by atoms with Crippen LogP contribution in [0.15, 0.2) is 24.3 Å². The van der Waals surface area contributed by atoms with Crippen LogP contribution in [0.5, 0.6) is 0 Å². The number of hydrogen-bond acceptors (Lipinski definition) is 4. The largest absolute Gasteiger partial charge is 0.370 e. The van der Waals surface area contributed by atoms with Gasteiger partial charge in [-0.1, -0.05) is 36.6 Å². The number of carbonyl (C=O) groups is 3. The Hall–Kier alpha value is -1.92. The van der Waals surface area contributed by atoms with E-state index in [4.69, 9.17) is 16.3 Å². The first-order chi connectivity index (χ1) is 13.0. The minimum absolute atomic E-state index is 0.155. The number of carbonyl (C=O) groups excluding carboxylic acids is 3. The molecule has 0 bridgehead atoms. The molecule has 0 aromatic heterocycles. The second-order valence-corrected chi connectivity index (χ2v) is 7.95. The van der Waals surface area contributed by atoms with E-state index in [1.54, 1.807) is 17.0 Å². The molecule has 3 amide bonds. The predicted molar refractivity (Wildman–Crippen MR) is 98.9 cm³/mol. The Balaban J connectivity index is 1.41. The summed E-state index contributed by atoms with van der Waals surface area (Å²) in [5.41, 5.74) is 0.955. The van der Waals surface area contributed by atoms with Crippen molar-refractivity contribution in [3.8, 4) is 0 Å². The predicted octanol–water partition coefficient (Wildman–Crippen LogP) is 2.42. The van der Waals surface area contributed by atoms with Crippen LogP contribution in [-0.2, 0) is 19.1 Å². The third kappa shape index (κ3) is 3.60. The maximum atomic E-state index is 12.8. The van der Waals surface area contributed by atoms with Gasteiger partial charge in [0.2, 0.25) is 17.7 Å². The molecule has 0 radical (unpaired) electrons. The highest BCUT2D eigenvalue weighted by molar-refractivity contribution is 6.30. The topological polar surface area (TPSA) is 66.9 Å². The number of imide groups is 1. The molecule has 2 aliphatic heterocycles. The number of halogens is 1. The Kier molecular flexibility index (Phi) is 5.19. The number of benzene rings is 1. The van der Waals surface area contributed by atoms with Crippen LogP contribution in [0.2, 0.25) is 5.02 Å². The summed E-state index contributed by atoms with van der Waals surface area (Å²) in [5, 5.41) is 0.648. The molecule has 7 heteroatoms. The number of morpholine rings is 1. The van der Waals surface area contributed by atoms with E-state index in [0.717, 1.165) is 31.2 Å². The molecule has 1 aromatic carbocycles. The summed E-state index contributed by atoms with van der Waals surface area (Å²) in [7, 11) is 0. The van der Waals surface area contributed by atoms with Crippen LogP contribution in [0.25, 0.3) is 0 Å². The van der Waals surface area contributed by atoms with Crippen molar-refractivity contribution in [1.29, 1.82) is 0 Å². The highest BCUT2D eigenvalue weighted by Gasteiger charge is 2.48. The van der Waals surface area contributed by atoms with Gasteiger partial charge in [-0.2, -0.15) is 0 Å². The standard InChI is InChI=1S/C20H23ClN2O4/c21-14-7-5-13(6-8-14)17-11-22(9-10-27-17)18(24)12-23-19(25)15-3-1-2-4-16(15)20(23)26/h5-8,15-17H,1-4,9-12H2. The van der Waals surface area contributed by atoms with E-state index in [2.05, 4.69) is 0 Å². The maximum absolute atomic E-state index is 12.8. The van der Waals surface area contributed by atoms with Crippen LogP contribution in [0.3, 0.4) is 0 Å². The molecule has 6 nitrogen and oxygen atoms in total. The molecule has 3 atom stereocenters. The zero-order valence-corrected chi connectivity index (χ0v) is 15.9. The fraction of sp³-hybridized carbons (Fsp3) is 0.550. The van der Waals surface area contributed by atoms with Crippen LogP contribution < -0.4 is 0 Å². The smallest absolute Gasteiger partial charge is 0.242 e. The van der Waals surface area contributed by atoms with E-state index < -0.39 is 0 Å². The zero-order valence-electron chi connectivity index (χ0n) is 15.1. The lowest BCUT2D eigenvalue weighted by Crippen LogP contribution is -2.48. The fourth-order valence-corrected chi connectivity index (χ4v) is 4.50. The van der Waals surface area contributed by atoms with E-state index in [0.29, 0.717) is 24.7 Å². The van der Waals surface area contributed by atoms with Gasteiger partial charge in [0.05, 0.1) is 25.0 Å². The van der Waals surface area contributed by atoms with Gasteiger partial charge in [-0.3, -0.25) is 19.3 Å². The second kappa shape index (κ2) is 7.60. The quantitative estimate of drug-likeness (QED) is 0.743.